The highest BCUT2D eigenvalue weighted by atomic mass is 79.9. The van der Waals surface area contributed by atoms with Crippen molar-refractivity contribution in [1.29, 1.82) is 0 Å². The standard InChI is InChI=1S/C15H14Br2N2S/c1-19(9-10-5-7-11(16)8-6-10)13-4-2-3-12(17)14(13)15(18)20/h2-8H,9H2,1H3,(H2,18,20). The molecule has 2 aromatic carbocycles. The number of hydrogen-bond donors (Lipinski definition) is 1. The Morgan fingerprint density at radius 2 is 1.80 bits per heavy atom. The maximum Gasteiger partial charge on any atom is 0.107 e. The summed E-state index contributed by atoms with van der Waals surface area (Å²) >= 11 is 12.1. The summed E-state index contributed by atoms with van der Waals surface area (Å²) in [5.41, 5.74) is 8.96. The van der Waals surface area contributed by atoms with E-state index in [9.17, 15) is 0 Å². The molecule has 0 atom stereocenters. The molecule has 2 nitrogen and oxygen atoms in total. The summed E-state index contributed by atoms with van der Waals surface area (Å²) in [5, 5.41) is 0. The largest absolute Gasteiger partial charge is 0.389 e. The Bertz CT molecular complexity index is 626. The van der Waals surface area contributed by atoms with Gasteiger partial charge in [0.15, 0.2) is 0 Å². The van der Waals surface area contributed by atoms with Gasteiger partial charge in [-0.05, 0) is 45.8 Å². The molecule has 0 amide bonds. The second-order valence-corrected chi connectivity index (χ2v) is 6.69. The first-order valence-corrected chi connectivity index (χ1v) is 8.02. The summed E-state index contributed by atoms with van der Waals surface area (Å²) in [6.07, 6.45) is 0. The lowest BCUT2D eigenvalue weighted by molar-refractivity contribution is 0.921. The smallest absolute Gasteiger partial charge is 0.107 e. The van der Waals surface area contributed by atoms with Gasteiger partial charge in [0.25, 0.3) is 0 Å². The van der Waals surface area contributed by atoms with Crippen LogP contribution in [-0.4, -0.2) is 12.0 Å². The Labute approximate surface area is 141 Å². The molecule has 0 aromatic heterocycles. The molecule has 2 N–H and O–H groups in total. The lowest BCUT2D eigenvalue weighted by Gasteiger charge is -2.23. The minimum atomic E-state index is 0.398. The molecule has 0 aliphatic rings. The highest BCUT2D eigenvalue weighted by molar-refractivity contribution is 9.10. The quantitative estimate of drug-likeness (QED) is 0.749. The van der Waals surface area contributed by atoms with Crippen molar-refractivity contribution < 1.29 is 0 Å². The molecular weight excluding hydrogens is 400 g/mol. The van der Waals surface area contributed by atoms with Gasteiger partial charge in [0, 0.05) is 33.8 Å². The zero-order chi connectivity index (χ0) is 14.7. The van der Waals surface area contributed by atoms with E-state index in [1.807, 2.05) is 37.4 Å². The average Bonchev–Trinajstić information content (AvgIpc) is 2.40. The Hall–Kier alpha value is -0.910. The van der Waals surface area contributed by atoms with Crippen LogP contribution < -0.4 is 10.6 Å². The minimum absolute atomic E-state index is 0.398. The normalized spacial score (nSPS) is 10.3. The van der Waals surface area contributed by atoms with E-state index in [2.05, 4.69) is 48.9 Å². The Morgan fingerprint density at radius 1 is 1.15 bits per heavy atom. The van der Waals surface area contributed by atoms with Gasteiger partial charge in [0.2, 0.25) is 0 Å². The molecule has 2 aromatic rings. The number of rotatable bonds is 4. The molecule has 0 unspecified atom stereocenters. The molecule has 0 bridgehead atoms. The van der Waals surface area contributed by atoms with Crippen LogP contribution in [0.15, 0.2) is 51.4 Å². The molecule has 0 aliphatic carbocycles. The monoisotopic (exact) mass is 412 g/mol. The average molecular weight is 414 g/mol. The lowest BCUT2D eigenvalue weighted by Crippen LogP contribution is -2.21. The van der Waals surface area contributed by atoms with Crippen molar-refractivity contribution in [2.45, 2.75) is 6.54 Å². The van der Waals surface area contributed by atoms with Gasteiger partial charge in [-0.25, -0.2) is 0 Å². The first kappa shape index (κ1) is 15.5. The number of nitrogens with zero attached hydrogens (tertiary/aromatic N) is 1. The summed E-state index contributed by atoms with van der Waals surface area (Å²) < 4.78 is 2.00. The van der Waals surface area contributed by atoms with Crippen molar-refractivity contribution in [1.82, 2.24) is 0 Å². The van der Waals surface area contributed by atoms with Gasteiger partial charge in [-0.2, -0.15) is 0 Å². The van der Waals surface area contributed by atoms with Crippen molar-refractivity contribution in [2.24, 2.45) is 5.73 Å². The number of halogens is 2. The molecule has 2 rings (SSSR count). The first-order valence-electron chi connectivity index (χ1n) is 6.03. The Kier molecular flexibility index (Phi) is 5.18. The van der Waals surface area contributed by atoms with E-state index < -0.39 is 0 Å². The fraction of sp³-hybridized carbons (Fsp3) is 0.133. The molecular formula is C15H14Br2N2S. The van der Waals surface area contributed by atoms with E-state index in [1.54, 1.807) is 0 Å². The van der Waals surface area contributed by atoms with E-state index in [4.69, 9.17) is 18.0 Å². The van der Waals surface area contributed by atoms with E-state index in [1.165, 1.54) is 5.56 Å². The molecule has 20 heavy (non-hydrogen) atoms. The van der Waals surface area contributed by atoms with Crippen LogP contribution in [0.2, 0.25) is 0 Å². The number of hydrogen-bond acceptors (Lipinski definition) is 2. The van der Waals surface area contributed by atoms with E-state index in [0.717, 1.165) is 26.7 Å². The van der Waals surface area contributed by atoms with Crippen molar-refractivity contribution in [3.8, 4) is 0 Å². The first-order chi connectivity index (χ1) is 9.49. The van der Waals surface area contributed by atoms with Crippen molar-refractivity contribution in [3.63, 3.8) is 0 Å². The molecule has 0 saturated heterocycles. The second-order valence-electron chi connectivity index (χ2n) is 4.48. The predicted octanol–water partition coefficient (Wildman–Crippen LogP) is 4.48. The van der Waals surface area contributed by atoms with E-state index in [0.29, 0.717) is 4.99 Å². The lowest BCUT2D eigenvalue weighted by atomic mass is 10.1. The summed E-state index contributed by atoms with van der Waals surface area (Å²) in [6, 6.07) is 14.2. The third-order valence-corrected chi connectivity index (χ3v) is 4.38. The van der Waals surface area contributed by atoms with Gasteiger partial charge in [-0.15, -0.1) is 0 Å². The van der Waals surface area contributed by atoms with Crippen LogP contribution in [0.3, 0.4) is 0 Å². The number of anilines is 1. The molecule has 0 heterocycles. The van der Waals surface area contributed by atoms with Crippen LogP contribution in [-0.2, 0) is 6.54 Å². The molecule has 0 aliphatic heterocycles. The molecule has 0 spiro atoms. The summed E-state index contributed by atoms with van der Waals surface area (Å²) in [5.74, 6) is 0. The number of nitrogens with two attached hydrogens (primary N) is 1. The van der Waals surface area contributed by atoms with Gasteiger partial charge in [0.05, 0.1) is 0 Å². The Balaban J connectivity index is 2.29. The third kappa shape index (κ3) is 3.59. The third-order valence-electron chi connectivity index (χ3n) is 2.98. The van der Waals surface area contributed by atoms with Crippen LogP contribution in [0.1, 0.15) is 11.1 Å². The molecule has 0 fully saturated rings. The maximum atomic E-state index is 5.84. The summed E-state index contributed by atoms with van der Waals surface area (Å²) in [7, 11) is 2.03. The van der Waals surface area contributed by atoms with Crippen LogP contribution in [0, 0.1) is 0 Å². The van der Waals surface area contributed by atoms with Gasteiger partial charge in [-0.3, -0.25) is 0 Å². The maximum absolute atomic E-state index is 5.84. The van der Waals surface area contributed by atoms with Crippen molar-refractivity contribution in [3.05, 3.63) is 62.5 Å². The van der Waals surface area contributed by atoms with Crippen molar-refractivity contribution >= 4 is 54.8 Å². The van der Waals surface area contributed by atoms with Crippen molar-refractivity contribution in [2.75, 3.05) is 11.9 Å². The van der Waals surface area contributed by atoms with E-state index in [-0.39, 0.29) is 0 Å². The summed E-state index contributed by atoms with van der Waals surface area (Å²) in [6.45, 7) is 0.791. The van der Waals surface area contributed by atoms with E-state index >= 15 is 0 Å². The highest BCUT2D eigenvalue weighted by Gasteiger charge is 2.13. The van der Waals surface area contributed by atoms with Crippen LogP contribution in [0.4, 0.5) is 5.69 Å². The van der Waals surface area contributed by atoms with Gasteiger partial charge >= 0.3 is 0 Å². The van der Waals surface area contributed by atoms with Crippen LogP contribution >= 0.6 is 44.1 Å². The van der Waals surface area contributed by atoms with Crippen LogP contribution in [0.5, 0.6) is 0 Å². The molecule has 5 heteroatoms. The zero-order valence-corrected chi connectivity index (χ0v) is 14.9. The van der Waals surface area contributed by atoms with Gasteiger partial charge < -0.3 is 10.6 Å². The van der Waals surface area contributed by atoms with Gasteiger partial charge in [0.1, 0.15) is 4.99 Å². The second kappa shape index (κ2) is 6.70. The zero-order valence-electron chi connectivity index (χ0n) is 10.9. The predicted molar refractivity (Wildman–Crippen MR) is 96.3 cm³/mol. The van der Waals surface area contributed by atoms with Crippen LogP contribution in [0.25, 0.3) is 0 Å². The topological polar surface area (TPSA) is 29.3 Å². The molecule has 104 valence electrons. The number of benzene rings is 2. The molecule has 0 saturated carbocycles. The fourth-order valence-corrected chi connectivity index (χ4v) is 3.20. The number of thiocarbonyl (C=S) groups is 1. The van der Waals surface area contributed by atoms with Gasteiger partial charge in [-0.1, -0.05) is 46.3 Å². The Morgan fingerprint density at radius 3 is 2.40 bits per heavy atom. The minimum Gasteiger partial charge on any atom is -0.389 e. The highest BCUT2D eigenvalue weighted by Crippen LogP contribution is 2.28. The summed E-state index contributed by atoms with van der Waals surface area (Å²) in [4.78, 5) is 2.54. The molecule has 0 radical (unpaired) electrons. The fourth-order valence-electron chi connectivity index (χ4n) is 2.02. The SMILES string of the molecule is CN(Cc1ccc(Br)cc1)c1cccc(Br)c1C(N)=S.